The van der Waals surface area contributed by atoms with Crippen molar-refractivity contribution in [1.82, 2.24) is 9.88 Å². The van der Waals surface area contributed by atoms with Gasteiger partial charge < -0.3 is 9.64 Å². The Balaban J connectivity index is 1.89. The van der Waals surface area contributed by atoms with E-state index in [9.17, 15) is 4.79 Å². The fourth-order valence-electron chi connectivity index (χ4n) is 2.87. The molecule has 1 aromatic carbocycles. The molecule has 0 fully saturated rings. The molecule has 0 saturated carbocycles. The van der Waals surface area contributed by atoms with E-state index in [1.807, 2.05) is 11.0 Å². The van der Waals surface area contributed by atoms with Gasteiger partial charge in [0.05, 0.1) is 13.2 Å². The summed E-state index contributed by atoms with van der Waals surface area (Å²) in [5, 5.41) is 0. The number of fused-ring (bicyclic) bond motifs is 1. The predicted molar refractivity (Wildman–Crippen MR) is 80.4 cm³/mol. The topological polar surface area (TPSA) is 42.4 Å². The van der Waals surface area contributed by atoms with Crippen LogP contribution >= 0.6 is 0 Å². The number of amides is 1. The second kappa shape index (κ2) is 5.56. The first-order valence-corrected chi connectivity index (χ1v) is 7.08. The van der Waals surface area contributed by atoms with Gasteiger partial charge in [-0.05, 0) is 48.7 Å². The van der Waals surface area contributed by atoms with Crippen LogP contribution in [-0.4, -0.2) is 29.4 Å². The van der Waals surface area contributed by atoms with Crippen LogP contribution in [0.3, 0.4) is 0 Å². The normalized spacial score (nSPS) is 17.2. The summed E-state index contributed by atoms with van der Waals surface area (Å²) in [6.45, 7) is 2.80. The van der Waals surface area contributed by atoms with Crippen LogP contribution < -0.4 is 4.74 Å². The van der Waals surface area contributed by atoms with Gasteiger partial charge >= 0.3 is 0 Å². The highest BCUT2D eigenvalue weighted by Crippen LogP contribution is 2.32. The van der Waals surface area contributed by atoms with Gasteiger partial charge in [-0.1, -0.05) is 6.07 Å². The molecule has 1 atom stereocenters. The Bertz CT molecular complexity index is 655. The van der Waals surface area contributed by atoms with Crippen molar-refractivity contribution in [3.05, 3.63) is 59.4 Å². The largest absolute Gasteiger partial charge is 0.497 e. The number of hydrogen-bond acceptors (Lipinski definition) is 3. The van der Waals surface area contributed by atoms with Crippen molar-refractivity contribution in [3.8, 4) is 5.75 Å². The monoisotopic (exact) mass is 282 g/mol. The maximum absolute atomic E-state index is 12.6. The number of carbonyl (C=O) groups excluding carboxylic acids is 1. The molecular weight excluding hydrogens is 264 g/mol. The van der Waals surface area contributed by atoms with Crippen molar-refractivity contribution in [3.63, 3.8) is 0 Å². The van der Waals surface area contributed by atoms with Gasteiger partial charge in [0.25, 0.3) is 5.91 Å². The summed E-state index contributed by atoms with van der Waals surface area (Å²) in [7, 11) is 1.67. The van der Waals surface area contributed by atoms with Gasteiger partial charge in [-0.3, -0.25) is 9.78 Å². The maximum atomic E-state index is 12.6. The summed E-state index contributed by atoms with van der Waals surface area (Å²) >= 11 is 0. The molecule has 21 heavy (non-hydrogen) atoms. The molecule has 1 aliphatic rings. The Labute approximate surface area is 124 Å². The number of benzene rings is 1. The summed E-state index contributed by atoms with van der Waals surface area (Å²) in [6.07, 6.45) is 4.16. The number of rotatable bonds is 2. The van der Waals surface area contributed by atoms with E-state index in [4.69, 9.17) is 4.74 Å². The SMILES string of the molecule is COc1ccc2c(c1)CCN(C(=O)c1ccncc1)C2C. The fraction of sp³-hybridized carbons (Fsp3) is 0.294. The zero-order valence-electron chi connectivity index (χ0n) is 12.2. The molecule has 2 heterocycles. The third kappa shape index (κ3) is 2.49. The second-order valence-electron chi connectivity index (χ2n) is 5.23. The minimum atomic E-state index is 0.0615. The Morgan fingerprint density at radius 1 is 1.29 bits per heavy atom. The van der Waals surface area contributed by atoms with Crippen LogP contribution in [0.5, 0.6) is 5.75 Å². The standard InChI is InChI=1S/C17H18N2O2/c1-12-16-4-3-15(21-2)11-14(16)7-10-19(12)17(20)13-5-8-18-9-6-13/h3-6,8-9,11-12H,7,10H2,1-2H3. The number of nitrogens with zero attached hydrogens (tertiary/aromatic N) is 2. The predicted octanol–water partition coefficient (Wildman–Crippen LogP) is 2.85. The molecule has 108 valence electrons. The molecule has 1 unspecified atom stereocenters. The van der Waals surface area contributed by atoms with E-state index in [0.717, 1.165) is 18.7 Å². The third-order valence-electron chi connectivity index (χ3n) is 4.08. The lowest BCUT2D eigenvalue weighted by atomic mass is 9.93. The molecule has 4 nitrogen and oxygen atoms in total. The maximum Gasteiger partial charge on any atom is 0.254 e. The average molecular weight is 282 g/mol. The quantitative estimate of drug-likeness (QED) is 0.850. The smallest absolute Gasteiger partial charge is 0.254 e. The zero-order valence-corrected chi connectivity index (χ0v) is 12.2. The first-order chi connectivity index (χ1) is 10.2. The van der Waals surface area contributed by atoms with Crippen LogP contribution in [0.2, 0.25) is 0 Å². The Kier molecular flexibility index (Phi) is 3.60. The second-order valence-corrected chi connectivity index (χ2v) is 5.23. The van der Waals surface area contributed by atoms with E-state index < -0.39 is 0 Å². The molecule has 3 rings (SSSR count). The molecule has 0 saturated heterocycles. The number of aromatic nitrogens is 1. The van der Waals surface area contributed by atoms with E-state index >= 15 is 0 Å². The van der Waals surface area contributed by atoms with Gasteiger partial charge in [0, 0.05) is 24.5 Å². The average Bonchev–Trinajstić information content (AvgIpc) is 2.55. The van der Waals surface area contributed by atoms with Crippen LogP contribution in [0.1, 0.15) is 34.5 Å². The van der Waals surface area contributed by atoms with Crippen LogP contribution in [-0.2, 0) is 6.42 Å². The highest BCUT2D eigenvalue weighted by atomic mass is 16.5. The zero-order chi connectivity index (χ0) is 14.8. The highest BCUT2D eigenvalue weighted by Gasteiger charge is 2.28. The minimum absolute atomic E-state index is 0.0615. The van der Waals surface area contributed by atoms with Gasteiger partial charge in [-0.15, -0.1) is 0 Å². The van der Waals surface area contributed by atoms with Crippen molar-refractivity contribution in [2.75, 3.05) is 13.7 Å². The highest BCUT2D eigenvalue weighted by molar-refractivity contribution is 5.94. The lowest BCUT2D eigenvalue weighted by Gasteiger charge is -2.35. The molecule has 0 radical (unpaired) electrons. The summed E-state index contributed by atoms with van der Waals surface area (Å²) in [4.78, 5) is 18.5. The summed E-state index contributed by atoms with van der Waals surface area (Å²) < 4.78 is 5.27. The molecule has 0 bridgehead atoms. The Hall–Kier alpha value is -2.36. The molecule has 0 aliphatic carbocycles. The molecule has 4 heteroatoms. The number of carbonyl (C=O) groups is 1. The first-order valence-electron chi connectivity index (χ1n) is 7.08. The lowest BCUT2D eigenvalue weighted by Crippen LogP contribution is -2.38. The van der Waals surface area contributed by atoms with Gasteiger partial charge in [0.1, 0.15) is 5.75 Å². The molecule has 1 amide bonds. The summed E-state index contributed by atoms with van der Waals surface area (Å²) in [5.74, 6) is 0.932. The van der Waals surface area contributed by atoms with E-state index in [-0.39, 0.29) is 11.9 Å². The van der Waals surface area contributed by atoms with Crippen molar-refractivity contribution in [2.24, 2.45) is 0 Å². The Morgan fingerprint density at radius 2 is 2.05 bits per heavy atom. The van der Waals surface area contributed by atoms with Crippen molar-refractivity contribution < 1.29 is 9.53 Å². The molecule has 1 aliphatic heterocycles. The van der Waals surface area contributed by atoms with Crippen LogP contribution in [0.15, 0.2) is 42.7 Å². The van der Waals surface area contributed by atoms with Gasteiger partial charge in [-0.25, -0.2) is 0 Å². The fourth-order valence-corrected chi connectivity index (χ4v) is 2.87. The van der Waals surface area contributed by atoms with Gasteiger partial charge in [-0.2, -0.15) is 0 Å². The van der Waals surface area contributed by atoms with Crippen LogP contribution in [0.4, 0.5) is 0 Å². The minimum Gasteiger partial charge on any atom is -0.497 e. The van der Waals surface area contributed by atoms with Gasteiger partial charge in [0.15, 0.2) is 0 Å². The molecule has 0 N–H and O–H groups in total. The van der Waals surface area contributed by atoms with Crippen LogP contribution in [0.25, 0.3) is 0 Å². The summed E-state index contributed by atoms with van der Waals surface area (Å²) in [5.41, 5.74) is 3.15. The molecule has 2 aromatic rings. The van der Waals surface area contributed by atoms with Crippen molar-refractivity contribution in [1.29, 1.82) is 0 Å². The molecule has 1 aromatic heterocycles. The number of pyridine rings is 1. The van der Waals surface area contributed by atoms with Crippen LogP contribution in [0, 0.1) is 0 Å². The number of hydrogen-bond donors (Lipinski definition) is 0. The van der Waals surface area contributed by atoms with Gasteiger partial charge in [0.2, 0.25) is 0 Å². The molecule has 0 spiro atoms. The Morgan fingerprint density at radius 3 is 2.76 bits per heavy atom. The van der Waals surface area contributed by atoms with E-state index in [1.54, 1.807) is 31.6 Å². The third-order valence-corrected chi connectivity index (χ3v) is 4.08. The van der Waals surface area contributed by atoms with Crippen molar-refractivity contribution >= 4 is 5.91 Å². The van der Waals surface area contributed by atoms with E-state index in [1.165, 1.54) is 11.1 Å². The number of ether oxygens (including phenoxy) is 1. The lowest BCUT2D eigenvalue weighted by molar-refractivity contribution is 0.0677. The van der Waals surface area contributed by atoms with E-state index in [2.05, 4.69) is 24.0 Å². The molecular formula is C17H18N2O2. The first kappa shape index (κ1) is 13.6. The van der Waals surface area contributed by atoms with Crippen molar-refractivity contribution in [2.45, 2.75) is 19.4 Å². The number of methoxy groups -OCH3 is 1. The summed E-state index contributed by atoms with van der Waals surface area (Å²) in [6, 6.07) is 9.68. The van der Waals surface area contributed by atoms with E-state index in [0.29, 0.717) is 5.56 Å².